The first kappa shape index (κ1) is 12.9. The Bertz CT molecular complexity index is 445. The summed E-state index contributed by atoms with van der Waals surface area (Å²) in [4.78, 5) is 16.4. The van der Waals surface area contributed by atoms with E-state index in [1.807, 2.05) is 20.0 Å². The van der Waals surface area contributed by atoms with Crippen LogP contribution in [0.25, 0.3) is 0 Å². The second kappa shape index (κ2) is 5.38. The molecule has 0 aliphatic heterocycles. The van der Waals surface area contributed by atoms with Gasteiger partial charge in [0.05, 0.1) is 11.3 Å². The monoisotopic (exact) mass is 247 g/mol. The van der Waals surface area contributed by atoms with Gasteiger partial charge in [-0.2, -0.15) is 0 Å². The summed E-state index contributed by atoms with van der Waals surface area (Å²) in [5, 5.41) is 6.15. The van der Waals surface area contributed by atoms with Crippen molar-refractivity contribution in [3.05, 3.63) is 23.5 Å². The molecule has 0 bridgehead atoms. The van der Waals surface area contributed by atoms with Crippen molar-refractivity contribution in [2.75, 3.05) is 12.4 Å². The van der Waals surface area contributed by atoms with Gasteiger partial charge in [0.25, 0.3) is 5.91 Å². The van der Waals surface area contributed by atoms with Gasteiger partial charge < -0.3 is 10.6 Å². The Morgan fingerprint density at radius 2 is 2.22 bits per heavy atom. The fourth-order valence-corrected chi connectivity index (χ4v) is 2.55. The lowest BCUT2D eigenvalue weighted by Gasteiger charge is -2.14. The summed E-state index contributed by atoms with van der Waals surface area (Å²) in [6.45, 7) is 4.15. The Morgan fingerprint density at radius 3 is 2.83 bits per heavy atom. The first-order chi connectivity index (χ1) is 8.60. The summed E-state index contributed by atoms with van der Waals surface area (Å²) in [6, 6.07) is 2.21. The highest BCUT2D eigenvalue weighted by Crippen LogP contribution is 2.25. The number of amides is 1. The van der Waals surface area contributed by atoms with Gasteiger partial charge >= 0.3 is 0 Å². The average Bonchev–Trinajstić information content (AvgIpc) is 2.74. The minimum absolute atomic E-state index is 0.0223. The highest BCUT2D eigenvalue weighted by Gasteiger charge is 2.24. The molecule has 1 aromatic rings. The van der Waals surface area contributed by atoms with Crippen molar-refractivity contribution >= 4 is 11.6 Å². The maximum absolute atomic E-state index is 12.2. The fraction of sp³-hybridized carbons (Fsp3) is 0.571. The standard InChI is InChI=1S/C14H21N3O/c1-9-4-5-11(6-9)17-14(18)12-8-16-10(2)7-13(12)15-3/h7-9,11H,4-6H2,1-3H3,(H,15,16)(H,17,18). The fourth-order valence-electron chi connectivity index (χ4n) is 2.55. The molecule has 18 heavy (non-hydrogen) atoms. The van der Waals surface area contributed by atoms with Crippen LogP contribution in [0.1, 0.15) is 42.2 Å². The second-order valence-electron chi connectivity index (χ2n) is 5.21. The van der Waals surface area contributed by atoms with Crippen LogP contribution in [-0.4, -0.2) is 24.0 Å². The third-order valence-electron chi connectivity index (χ3n) is 3.58. The van der Waals surface area contributed by atoms with Crippen LogP contribution in [0.5, 0.6) is 0 Å². The maximum Gasteiger partial charge on any atom is 0.255 e. The zero-order chi connectivity index (χ0) is 13.1. The Hall–Kier alpha value is -1.58. The Morgan fingerprint density at radius 1 is 1.44 bits per heavy atom. The zero-order valence-electron chi connectivity index (χ0n) is 11.3. The SMILES string of the molecule is CNc1cc(C)ncc1C(=O)NC1CCC(C)C1. The number of carbonyl (C=O) groups is 1. The van der Waals surface area contributed by atoms with Crippen LogP contribution in [0.15, 0.2) is 12.3 Å². The number of hydrogen-bond acceptors (Lipinski definition) is 3. The molecule has 2 N–H and O–H groups in total. The molecule has 1 heterocycles. The van der Waals surface area contributed by atoms with E-state index in [4.69, 9.17) is 0 Å². The maximum atomic E-state index is 12.2. The van der Waals surface area contributed by atoms with E-state index in [9.17, 15) is 4.79 Å². The molecule has 98 valence electrons. The van der Waals surface area contributed by atoms with E-state index >= 15 is 0 Å². The quantitative estimate of drug-likeness (QED) is 0.862. The van der Waals surface area contributed by atoms with E-state index in [1.165, 1.54) is 6.42 Å². The zero-order valence-corrected chi connectivity index (χ0v) is 11.3. The van der Waals surface area contributed by atoms with Gasteiger partial charge in [-0.15, -0.1) is 0 Å². The molecule has 0 aromatic carbocycles. The summed E-state index contributed by atoms with van der Waals surface area (Å²) in [7, 11) is 1.82. The number of nitrogens with one attached hydrogen (secondary N) is 2. The van der Waals surface area contributed by atoms with Crippen molar-refractivity contribution in [2.45, 2.75) is 39.2 Å². The van der Waals surface area contributed by atoms with E-state index in [0.29, 0.717) is 11.6 Å². The van der Waals surface area contributed by atoms with Gasteiger partial charge in [-0.05, 0) is 38.2 Å². The van der Waals surface area contributed by atoms with Crippen molar-refractivity contribution < 1.29 is 4.79 Å². The summed E-state index contributed by atoms with van der Waals surface area (Å²) < 4.78 is 0. The number of hydrogen-bond donors (Lipinski definition) is 2. The van der Waals surface area contributed by atoms with Crippen molar-refractivity contribution in [1.82, 2.24) is 10.3 Å². The molecule has 2 unspecified atom stereocenters. The van der Waals surface area contributed by atoms with Gasteiger partial charge in [0.1, 0.15) is 0 Å². The lowest BCUT2D eigenvalue weighted by atomic mass is 10.1. The first-order valence-electron chi connectivity index (χ1n) is 6.55. The molecule has 4 nitrogen and oxygen atoms in total. The molecule has 0 radical (unpaired) electrons. The summed E-state index contributed by atoms with van der Waals surface area (Å²) in [6.07, 6.45) is 5.02. The van der Waals surface area contributed by atoms with E-state index < -0.39 is 0 Å². The number of aromatic nitrogens is 1. The molecule has 1 fully saturated rings. The van der Waals surface area contributed by atoms with E-state index in [2.05, 4.69) is 22.5 Å². The van der Waals surface area contributed by atoms with Gasteiger partial charge in [-0.25, -0.2) is 0 Å². The van der Waals surface area contributed by atoms with Crippen LogP contribution in [0.4, 0.5) is 5.69 Å². The molecule has 2 atom stereocenters. The van der Waals surface area contributed by atoms with Gasteiger partial charge in [-0.1, -0.05) is 6.92 Å². The van der Waals surface area contributed by atoms with Crippen molar-refractivity contribution in [3.8, 4) is 0 Å². The molecule has 1 aliphatic carbocycles. The number of aryl methyl sites for hydroxylation is 1. The Labute approximate surface area is 108 Å². The third-order valence-corrected chi connectivity index (χ3v) is 3.58. The summed E-state index contributed by atoms with van der Waals surface area (Å²) >= 11 is 0. The van der Waals surface area contributed by atoms with Crippen molar-refractivity contribution in [3.63, 3.8) is 0 Å². The van der Waals surface area contributed by atoms with Gasteiger partial charge in [-0.3, -0.25) is 9.78 Å². The highest BCUT2D eigenvalue weighted by molar-refractivity contribution is 5.99. The molecule has 0 saturated heterocycles. The smallest absolute Gasteiger partial charge is 0.255 e. The topological polar surface area (TPSA) is 54.0 Å². The van der Waals surface area contributed by atoms with Crippen LogP contribution < -0.4 is 10.6 Å². The number of pyridine rings is 1. The Kier molecular flexibility index (Phi) is 3.84. The van der Waals surface area contributed by atoms with Crippen LogP contribution >= 0.6 is 0 Å². The van der Waals surface area contributed by atoms with Gasteiger partial charge in [0.15, 0.2) is 0 Å². The minimum atomic E-state index is -0.0223. The number of rotatable bonds is 3. The average molecular weight is 247 g/mol. The van der Waals surface area contributed by atoms with E-state index in [0.717, 1.165) is 30.1 Å². The van der Waals surface area contributed by atoms with Crippen LogP contribution in [-0.2, 0) is 0 Å². The molecular weight excluding hydrogens is 226 g/mol. The molecule has 1 aliphatic rings. The van der Waals surface area contributed by atoms with Crippen molar-refractivity contribution in [2.24, 2.45) is 5.92 Å². The summed E-state index contributed by atoms with van der Waals surface area (Å²) in [5.74, 6) is 0.696. The lowest BCUT2D eigenvalue weighted by molar-refractivity contribution is 0.0938. The summed E-state index contributed by atoms with van der Waals surface area (Å²) in [5.41, 5.74) is 2.37. The number of carbonyl (C=O) groups excluding carboxylic acids is 1. The Balaban J connectivity index is 2.09. The normalized spacial score (nSPS) is 22.8. The van der Waals surface area contributed by atoms with Crippen LogP contribution in [0.3, 0.4) is 0 Å². The lowest BCUT2D eigenvalue weighted by Crippen LogP contribution is -2.33. The molecule has 1 amide bonds. The molecular formula is C14H21N3O. The molecule has 1 aromatic heterocycles. The third kappa shape index (κ3) is 2.81. The predicted molar refractivity (Wildman–Crippen MR) is 72.8 cm³/mol. The molecule has 1 saturated carbocycles. The van der Waals surface area contributed by atoms with Gasteiger partial charge in [0.2, 0.25) is 0 Å². The first-order valence-corrected chi connectivity index (χ1v) is 6.55. The van der Waals surface area contributed by atoms with Crippen LogP contribution in [0, 0.1) is 12.8 Å². The number of anilines is 1. The molecule has 2 rings (SSSR count). The van der Waals surface area contributed by atoms with Crippen LogP contribution in [0.2, 0.25) is 0 Å². The predicted octanol–water partition coefficient (Wildman–Crippen LogP) is 2.35. The van der Waals surface area contributed by atoms with Gasteiger partial charge in [0, 0.05) is 25.0 Å². The number of nitrogens with zero attached hydrogens (tertiary/aromatic N) is 1. The van der Waals surface area contributed by atoms with Crippen molar-refractivity contribution in [1.29, 1.82) is 0 Å². The highest BCUT2D eigenvalue weighted by atomic mass is 16.1. The largest absolute Gasteiger partial charge is 0.387 e. The molecule has 0 spiro atoms. The van der Waals surface area contributed by atoms with E-state index in [-0.39, 0.29) is 5.91 Å². The van der Waals surface area contributed by atoms with E-state index in [1.54, 1.807) is 6.20 Å². The minimum Gasteiger partial charge on any atom is -0.387 e. The molecule has 4 heteroatoms. The second-order valence-corrected chi connectivity index (χ2v) is 5.21.